The van der Waals surface area contributed by atoms with Crippen molar-refractivity contribution < 1.29 is 24.2 Å². The minimum absolute atomic E-state index is 0.0214. The van der Waals surface area contributed by atoms with Crippen molar-refractivity contribution in [1.29, 1.82) is 0 Å². The number of fused-ring (bicyclic) bond motifs is 1. The molecule has 0 bridgehead atoms. The van der Waals surface area contributed by atoms with E-state index in [1.807, 2.05) is 0 Å². The molecule has 3 N–H and O–H groups in total. The number of hydrogen-bond acceptors (Lipinski definition) is 8. The van der Waals surface area contributed by atoms with Crippen LogP contribution in [0.3, 0.4) is 0 Å². The number of nitrogens with two attached hydrogens (primary N) is 1. The third-order valence-electron chi connectivity index (χ3n) is 3.03. The predicted molar refractivity (Wildman–Crippen MR) is 85.7 cm³/mol. The Hall–Kier alpha value is -2.09. The molecule has 1 atom stereocenters. The van der Waals surface area contributed by atoms with E-state index in [2.05, 4.69) is 0 Å². The molecule has 0 saturated heterocycles. The normalized spacial score (nSPS) is 20.4. The lowest BCUT2D eigenvalue weighted by Gasteiger charge is -2.32. The van der Waals surface area contributed by atoms with Crippen LogP contribution in [0.1, 0.15) is 27.7 Å². The first kappa shape index (κ1) is 17.3. The molecule has 2 aliphatic rings. The van der Waals surface area contributed by atoms with Gasteiger partial charge in [-0.15, -0.1) is 0 Å². The van der Waals surface area contributed by atoms with Crippen molar-refractivity contribution in [3.8, 4) is 0 Å². The summed E-state index contributed by atoms with van der Waals surface area (Å²) in [6.45, 7) is 6.88. The molecular weight excluding hydrogens is 320 g/mol. The second kappa shape index (κ2) is 6.57. The Kier molecular flexibility index (Phi) is 4.93. The second-order valence-electron chi connectivity index (χ2n) is 5.64. The van der Waals surface area contributed by atoms with Crippen LogP contribution in [0.15, 0.2) is 34.3 Å². The molecule has 0 aromatic heterocycles. The molecule has 0 radical (unpaired) electrons. The molecule has 0 aliphatic carbocycles. The third kappa shape index (κ3) is 3.47. The summed E-state index contributed by atoms with van der Waals surface area (Å²) in [6, 6.07) is 0. The number of nitrogens with zero attached hydrogens (tertiary/aromatic N) is 1. The van der Waals surface area contributed by atoms with E-state index in [9.17, 15) is 14.7 Å². The fourth-order valence-corrected chi connectivity index (χ4v) is 3.16. The third-order valence-corrected chi connectivity index (χ3v) is 4.10. The Morgan fingerprint density at radius 3 is 2.35 bits per heavy atom. The minimum atomic E-state index is -0.657. The highest BCUT2D eigenvalue weighted by Gasteiger charge is 2.41. The van der Waals surface area contributed by atoms with Crippen LogP contribution in [-0.4, -0.2) is 39.5 Å². The van der Waals surface area contributed by atoms with Crippen molar-refractivity contribution in [2.24, 2.45) is 5.73 Å². The number of esters is 2. The van der Waals surface area contributed by atoms with Gasteiger partial charge in [0, 0.05) is 5.41 Å². The molecule has 8 heteroatoms. The van der Waals surface area contributed by atoms with Crippen molar-refractivity contribution >= 4 is 23.7 Å². The van der Waals surface area contributed by atoms with Crippen molar-refractivity contribution in [2.45, 2.75) is 45.3 Å². The first-order valence-electron chi connectivity index (χ1n) is 7.19. The van der Waals surface area contributed by atoms with Gasteiger partial charge in [0.2, 0.25) is 0 Å². The molecular formula is C15H20N2O5S. The van der Waals surface area contributed by atoms with Crippen LogP contribution in [0.5, 0.6) is 0 Å². The largest absolute Gasteiger partial charge is 0.494 e. The van der Waals surface area contributed by atoms with Gasteiger partial charge in [-0.05, 0) is 33.8 Å². The number of thioether (sulfide) groups is 1. The van der Waals surface area contributed by atoms with Crippen LogP contribution in [0.4, 0.5) is 0 Å². The van der Waals surface area contributed by atoms with Crippen molar-refractivity contribution in [2.75, 3.05) is 0 Å². The van der Waals surface area contributed by atoms with E-state index in [0.29, 0.717) is 0 Å². The van der Waals surface area contributed by atoms with Crippen LogP contribution in [-0.2, 0) is 19.1 Å². The maximum Gasteiger partial charge on any atom is 0.342 e. The van der Waals surface area contributed by atoms with Gasteiger partial charge in [-0.2, -0.15) is 0 Å². The first-order valence-corrected chi connectivity index (χ1v) is 8.13. The predicted octanol–water partition coefficient (Wildman–Crippen LogP) is 1.73. The van der Waals surface area contributed by atoms with Gasteiger partial charge in [0.25, 0.3) is 0 Å². The summed E-state index contributed by atoms with van der Waals surface area (Å²) in [7, 11) is 0. The summed E-state index contributed by atoms with van der Waals surface area (Å²) < 4.78 is 10.4. The topological polar surface area (TPSA) is 102 Å². The molecule has 2 rings (SSSR count). The van der Waals surface area contributed by atoms with E-state index in [1.165, 1.54) is 28.1 Å². The number of carbonyl (C=O) groups is 2. The van der Waals surface area contributed by atoms with Crippen LogP contribution in [0, 0.1) is 0 Å². The highest BCUT2D eigenvalue weighted by Crippen LogP contribution is 2.40. The SMILES string of the molecule is CC(C)OC(=O)C1=CC(C(=O)OC(C)C)=C(N)N2C(O)=CSC12. The summed E-state index contributed by atoms with van der Waals surface area (Å²) in [5, 5.41) is 10.9. The van der Waals surface area contributed by atoms with Crippen molar-refractivity contribution in [1.82, 2.24) is 4.90 Å². The zero-order valence-electron chi connectivity index (χ0n) is 13.4. The number of carbonyl (C=O) groups excluding carboxylic acids is 2. The molecule has 0 spiro atoms. The fourth-order valence-electron chi connectivity index (χ4n) is 2.14. The van der Waals surface area contributed by atoms with E-state index in [4.69, 9.17) is 15.2 Å². The van der Waals surface area contributed by atoms with E-state index in [-0.39, 0.29) is 35.1 Å². The van der Waals surface area contributed by atoms with Crippen molar-refractivity contribution in [3.63, 3.8) is 0 Å². The first-order chi connectivity index (χ1) is 10.7. The number of ether oxygens (including phenoxy) is 2. The molecule has 0 saturated carbocycles. The Labute approximate surface area is 138 Å². The standard InChI is InChI=1S/C15H20N2O5S/c1-7(2)21-14(19)9-5-10(15(20)22-8(3)4)13-17(12(9)16)11(18)6-23-13/h5-8,13,18H,16H2,1-4H3. The second-order valence-corrected chi connectivity index (χ2v) is 6.60. The van der Waals surface area contributed by atoms with Crippen LogP contribution in [0.25, 0.3) is 0 Å². The van der Waals surface area contributed by atoms with Crippen LogP contribution >= 0.6 is 11.8 Å². The van der Waals surface area contributed by atoms with Gasteiger partial charge in [0.15, 0.2) is 5.88 Å². The highest BCUT2D eigenvalue weighted by molar-refractivity contribution is 8.03. The van der Waals surface area contributed by atoms with Gasteiger partial charge >= 0.3 is 11.9 Å². The van der Waals surface area contributed by atoms with E-state index in [1.54, 1.807) is 27.7 Å². The maximum absolute atomic E-state index is 12.3. The molecule has 2 aliphatic heterocycles. The van der Waals surface area contributed by atoms with E-state index < -0.39 is 17.3 Å². The summed E-state index contributed by atoms with van der Waals surface area (Å²) >= 11 is 1.21. The number of aliphatic hydroxyl groups excluding tert-OH is 1. The Bertz CT molecular complexity index is 621. The van der Waals surface area contributed by atoms with Gasteiger partial charge < -0.3 is 20.3 Å². The molecule has 0 aromatic rings. The molecule has 0 aromatic carbocycles. The Morgan fingerprint density at radius 2 is 1.78 bits per heavy atom. The highest BCUT2D eigenvalue weighted by atomic mass is 32.2. The van der Waals surface area contributed by atoms with Crippen molar-refractivity contribution in [3.05, 3.63) is 34.3 Å². The van der Waals surface area contributed by atoms with E-state index >= 15 is 0 Å². The van der Waals surface area contributed by atoms with Crippen LogP contribution in [0.2, 0.25) is 0 Å². The monoisotopic (exact) mass is 340 g/mol. The molecule has 2 heterocycles. The molecule has 23 heavy (non-hydrogen) atoms. The lowest BCUT2D eigenvalue weighted by molar-refractivity contribution is -0.143. The summed E-state index contributed by atoms with van der Waals surface area (Å²) in [4.78, 5) is 25.8. The average molecular weight is 340 g/mol. The minimum Gasteiger partial charge on any atom is -0.494 e. The molecule has 7 nitrogen and oxygen atoms in total. The summed E-state index contributed by atoms with van der Waals surface area (Å²) in [5.74, 6) is -1.31. The van der Waals surface area contributed by atoms with Gasteiger partial charge in [-0.1, -0.05) is 11.8 Å². The summed E-state index contributed by atoms with van der Waals surface area (Å²) in [5.41, 5.74) is 6.24. The zero-order valence-corrected chi connectivity index (χ0v) is 14.2. The number of aliphatic hydroxyl groups is 1. The lowest BCUT2D eigenvalue weighted by atomic mass is 10.1. The molecule has 0 amide bonds. The van der Waals surface area contributed by atoms with Gasteiger partial charge in [-0.25, -0.2) is 9.59 Å². The Morgan fingerprint density at radius 1 is 1.22 bits per heavy atom. The average Bonchev–Trinajstić information content (AvgIpc) is 2.80. The molecule has 0 fully saturated rings. The van der Waals surface area contributed by atoms with Crippen LogP contribution < -0.4 is 5.73 Å². The zero-order chi connectivity index (χ0) is 17.3. The van der Waals surface area contributed by atoms with Gasteiger partial charge in [-0.3, -0.25) is 4.90 Å². The van der Waals surface area contributed by atoms with Gasteiger partial charge in [0.1, 0.15) is 16.8 Å². The van der Waals surface area contributed by atoms with E-state index in [0.717, 1.165) is 0 Å². The summed E-state index contributed by atoms with van der Waals surface area (Å²) in [6.07, 6.45) is 0.738. The fraction of sp³-hybridized carbons (Fsp3) is 0.467. The lowest BCUT2D eigenvalue weighted by Crippen LogP contribution is -2.40. The Balaban J connectivity index is 2.42. The quantitative estimate of drug-likeness (QED) is 0.746. The maximum atomic E-state index is 12.3. The number of rotatable bonds is 4. The molecule has 1 unspecified atom stereocenters. The molecule has 126 valence electrons. The number of hydrogen-bond donors (Lipinski definition) is 2. The smallest absolute Gasteiger partial charge is 0.342 e. The van der Waals surface area contributed by atoms with Gasteiger partial charge in [0.05, 0.1) is 17.8 Å².